The minimum absolute atomic E-state index is 0.0867. The van der Waals surface area contributed by atoms with Crippen molar-refractivity contribution in [1.82, 2.24) is 0 Å². The van der Waals surface area contributed by atoms with Crippen molar-refractivity contribution in [2.75, 3.05) is 6.61 Å². The predicted octanol–water partition coefficient (Wildman–Crippen LogP) is 2.42. The van der Waals surface area contributed by atoms with E-state index in [0.29, 0.717) is 13.0 Å². The summed E-state index contributed by atoms with van der Waals surface area (Å²) in [6.07, 6.45) is 4.88. The van der Waals surface area contributed by atoms with Gasteiger partial charge < -0.3 is 4.74 Å². The number of esters is 1. The van der Waals surface area contributed by atoms with Crippen LogP contribution in [0, 0.1) is 0 Å². The number of ether oxygens (including phenoxy) is 1. The maximum atomic E-state index is 11.4. The lowest BCUT2D eigenvalue weighted by atomic mass is 10.1. The zero-order chi connectivity index (χ0) is 11.7. The highest BCUT2D eigenvalue weighted by Crippen LogP contribution is 2.04. The highest BCUT2D eigenvalue weighted by molar-refractivity contribution is 6.17. The summed E-state index contributed by atoms with van der Waals surface area (Å²) in [6, 6.07) is 0. The van der Waals surface area contributed by atoms with Gasteiger partial charge in [-0.3, -0.25) is 4.79 Å². The van der Waals surface area contributed by atoms with Gasteiger partial charge in [-0.1, -0.05) is 32.9 Å². The van der Waals surface area contributed by atoms with Gasteiger partial charge >= 0.3 is 5.97 Å². The third-order valence-electron chi connectivity index (χ3n) is 1.86. The number of ketones is 1. The largest absolute Gasteiger partial charge is 0.462 e. The Morgan fingerprint density at radius 1 is 1.33 bits per heavy atom. The molecule has 0 saturated carbocycles. The number of Topliss-reactive ketones (excluding diaryl/α,β-unsaturated/α-hetero) is 1. The van der Waals surface area contributed by atoms with Gasteiger partial charge in [-0.25, -0.2) is 4.79 Å². The first kappa shape index (κ1) is 13.6. The van der Waals surface area contributed by atoms with Crippen molar-refractivity contribution >= 4 is 11.8 Å². The van der Waals surface area contributed by atoms with Crippen molar-refractivity contribution < 1.29 is 14.3 Å². The lowest BCUT2D eigenvalue weighted by molar-refractivity contribution is -0.140. The molecule has 0 rings (SSSR count). The van der Waals surface area contributed by atoms with Crippen LogP contribution < -0.4 is 0 Å². The first-order valence-electron chi connectivity index (χ1n) is 5.20. The van der Waals surface area contributed by atoms with Crippen LogP contribution in [0.25, 0.3) is 0 Å². The van der Waals surface area contributed by atoms with Gasteiger partial charge in [-0.15, -0.1) is 0 Å². The SMILES string of the molecule is C=CC=C(C(=O)CC)C(=O)OCCCC. The molecule has 0 aliphatic heterocycles. The third kappa shape index (κ3) is 5.15. The second-order valence-corrected chi connectivity index (χ2v) is 3.08. The molecule has 0 aliphatic carbocycles. The average molecular weight is 210 g/mol. The van der Waals surface area contributed by atoms with Crippen LogP contribution in [-0.2, 0) is 14.3 Å². The first-order valence-corrected chi connectivity index (χ1v) is 5.20. The van der Waals surface area contributed by atoms with Crippen molar-refractivity contribution in [3.05, 3.63) is 24.3 Å². The van der Waals surface area contributed by atoms with Gasteiger partial charge in [0.25, 0.3) is 0 Å². The van der Waals surface area contributed by atoms with Gasteiger partial charge in [-0.05, 0) is 12.5 Å². The van der Waals surface area contributed by atoms with E-state index in [0.717, 1.165) is 12.8 Å². The number of carbonyl (C=O) groups excluding carboxylic acids is 2. The third-order valence-corrected chi connectivity index (χ3v) is 1.86. The summed E-state index contributed by atoms with van der Waals surface area (Å²) >= 11 is 0. The summed E-state index contributed by atoms with van der Waals surface area (Å²) in [5, 5.41) is 0. The van der Waals surface area contributed by atoms with Gasteiger partial charge in [0.1, 0.15) is 5.57 Å². The van der Waals surface area contributed by atoms with Crippen LogP contribution in [0.15, 0.2) is 24.3 Å². The van der Waals surface area contributed by atoms with E-state index in [2.05, 4.69) is 6.58 Å². The van der Waals surface area contributed by atoms with Crippen LogP contribution in [0.4, 0.5) is 0 Å². The zero-order valence-corrected chi connectivity index (χ0v) is 9.41. The van der Waals surface area contributed by atoms with Gasteiger partial charge in [0.2, 0.25) is 0 Å². The molecule has 0 radical (unpaired) electrons. The highest BCUT2D eigenvalue weighted by Gasteiger charge is 2.16. The van der Waals surface area contributed by atoms with E-state index in [1.165, 1.54) is 12.2 Å². The van der Waals surface area contributed by atoms with Crippen LogP contribution in [0.3, 0.4) is 0 Å². The molecule has 0 fully saturated rings. The van der Waals surface area contributed by atoms with Crippen LogP contribution in [0.1, 0.15) is 33.1 Å². The average Bonchev–Trinajstić information content (AvgIpc) is 2.25. The van der Waals surface area contributed by atoms with Gasteiger partial charge in [0.15, 0.2) is 5.78 Å². The molecule has 0 saturated heterocycles. The normalized spacial score (nSPS) is 10.9. The minimum atomic E-state index is -0.546. The van der Waals surface area contributed by atoms with E-state index in [-0.39, 0.29) is 11.4 Å². The molecule has 0 aliphatic rings. The van der Waals surface area contributed by atoms with Crippen LogP contribution >= 0.6 is 0 Å². The number of carbonyl (C=O) groups is 2. The summed E-state index contributed by atoms with van der Waals surface area (Å²) in [5.41, 5.74) is 0.0867. The molecule has 0 unspecified atom stereocenters. The predicted molar refractivity (Wildman–Crippen MR) is 59.4 cm³/mol. The molecular formula is C12H18O3. The Bertz CT molecular complexity index is 264. The Balaban J connectivity index is 4.37. The van der Waals surface area contributed by atoms with Crippen molar-refractivity contribution in [3.63, 3.8) is 0 Å². The maximum Gasteiger partial charge on any atom is 0.341 e. The van der Waals surface area contributed by atoms with E-state index in [9.17, 15) is 9.59 Å². The van der Waals surface area contributed by atoms with Crippen LogP contribution in [0.5, 0.6) is 0 Å². The summed E-state index contributed by atoms with van der Waals surface area (Å²) in [5.74, 6) is -0.758. The lowest BCUT2D eigenvalue weighted by Crippen LogP contribution is -2.15. The van der Waals surface area contributed by atoms with E-state index >= 15 is 0 Å². The van der Waals surface area contributed by atoms with Crippen molar-refractivity contribution in [2.45, 2.75) is 33.1 Å². The molecule has 0 aromatic rings. The fourth-order valence-corrected chi connectivity index (χ4v) is 0.970. The highest BCUT2D eigenvalue weighted by atomic mass is 16.5. The molecule has 0 atom stereocenters. The van der Waals surface area contributed by atoms with Crippen molar-refractivity contribution in [1.29, 1.82) is 0 Å². The minimum Gasteiger partial charge on any atom is -0.462 e. The Labute approximate surface area is 90.8 Å². The standard InChI is InChI=1S/C12H18O3/c1-4-7-9-15-12(14)10(8-5-2)11(13)6-3/h5,8H,2,4,6-7,9H2,1,3H3. The molecule has 3 heteroatoms. The molecule has 3 nitrogen and oxygen atoms in total. The molecule has 0 heterocycles. The second-order valence-electron chi connectivity index (χ2n) is 3.08. The maximum absolute atomic E-state index is 11.4. The number of unbranched alkanes of at least 4 members (excludes halogenated alkanes) is 1. The number of allylic oxidation sites excluding steroid dienone is 2. The smallest absolute Gasteiger partial charge is 0.341 e. The molecule has 84 valence electrons. The Morgan fingerprint density at radius 3 is 2.47 bits per heavy atom. The Kier molecular flexibility index (Phi) is 7.24. The van der Waals surface area contributed by atoms with Crippen LogP contribution in [-0.4, -0.2) is 18.4 Å². The monoisotopic (exact) mass is 210 g/mol. The Hall–Kier alpha value is -1.38. The van der Waals surface area contributed by atoms with E-state index < -0.39 is 5.97 Å². The molecule has 0 aromatic carbocycles. The summed E-state index contributed by atoms with van der Waals surface area (Å²) in [7, 11) is 0. The number of hydrogen-bond donors (Lipinski definition) is 0. The van der Waals surface area contributed by atoms with E-state index in [4.69, 9.17) is 4.74 Å². The summed E-state index contributed by atoms with van der Waals surface area (Å²) in [4.78, 5) is 22.8. The lowest BCUT2D eigenvalue weighted by Gasteiger charge is -2.05. The molecule has 0 bridgehead atoms. The second kappa shape index (κ2) is 7.97. The molecule has 15 heavy (non-hydrogen) atoms. The van der Waals surface area contributed by atoms with Crippen LogP contribution in [0.2, 0.25) is 0 Å². The number of hydrogen-bond acceptors (Lipinski definition) is 3. The van der Waals surface area contributed by atoms with E-state index in [1.807, 2.05) is 6.92 Å². The molecule has 0 amide bonds. The summed E-state index contributed by atoms with van der Waals surface area (Å²) < 4.78 is 4.94. The molecule has 0 aromatic heterocycles. The fraction of sp³-hybridized carbons (Fsp3) is 0.500. The van der Waals surface area contributed by atoms with Gasteiger partial charge in [0.05, 0.1) is 6.61 Å². The Morgan fingerprint density at radius 2 is 2.00 bits per heavy atom. The zero-order valence-electron chi connectivity index (χ0n) is 9.41. The van der Waals surface area contributed by atoms with E-state index in [1.54, 1.807) is 6.92 Å². The quantitative estimate of drug-likeness (QED) is 0.162. The summed E-state index contributed by atoms with van der Waals surface area (Å²) in [6.45, 7) is 7.53. The number of rotatable bonds is 7. The topological polar surface area (TPSA) is 43.4 Å². The molecular weight excluding hydrogens is 192 g/mol. The van der Waals surface area contributed by atoms with Crippen molar-refractivity contribution in [2.24, 2.45) is 0 Å². The van der Waals surface area contributed by atoms with Gasteiger partial charge in [-0.2, -0.15) is 0 Å². The molecule has 0 N–H and O–H groups in total. The van der Waals surface area contributed by atoms with Crippen molar-refractivity contribution in [3.8, 4) is 0 Å². The molecule has 0 spiro atoms. The first-order chi connectivity index (χ1) is 7.17. The van der Waals surface area contributed by atoms with Gasteiger partial charge in [0, 0.05) is 6.42 Å². The fourth-order valence-electron chi connectivity index (χ4n) is 0.970.